The molecule has 24 heavy (non-hydrogen) atoms. The molecule has 3 rings (SSSR count). The number of halogens is 1. The van der Waals surface area contributed by atoms with Gasteiger partial charge in [0.25, 0.3) is 0 Å². The molecule has 3 aliphatic heterocycles. The van der Waals surface area contributed by atoms with Crippen LogP contribution in [0.5, 0.6) is 0 Å². The second-order valence-electron chi connectivity index (χ2n) is 10.6. The summed E-state index contributed by atoms with van der Waals surface area (Å²) in [6.07, 6.45) is 0. The van der Waals surface area contributed by atoms with Gasteiger partial charge in [-0.3, -0.25) is 0 Å². The van der Waals surface area contributed by atoms with Crippen molar-refractivity contribution in [3.8, 4) is 0 Å². The van der Waals surface area contributed by atoms with Crippen LogP contribution in [0.3, 0.4) is 0 Å². The van der Waals surface area contributed by atoms with Crippen LogP contribution in [0, 0.1) is 0 Å². The first-order valence-electron chi connectivity index (χ1n) is 8.66. The van der Waals surface area contributed by atoms with E-state index < -0.39 is 16.7 Å². The monoisotopic (exact) mass is 504 g/mol. The summed E-state index contributed by atoms with van der Waals surface area (Å²) in [5.74, 6) is -0.321. The van der Waals surface area contributed by atoms with E-state index in [4.69, 9.17) is 0 Å². The molecule has 0 N–H and O–H groups in total. The maximum atomic E-state index is 2.84. The van der Waals surface area contributed by atoms with E-state index in [0.717, 1.165) is 0 Å². The minimum Gasteiger partial charge on any atom is -0.207 e. The number of nitrogens with zero attached hydrogens (tertiary/aromatic N) is 4. The molecular formula is C16H36IN4P3. The van der Waals surface area contributed by atoms with Crippen molar-refractivity contribution in [1.29, 1.82) is 0 Å². The summed E-state index contributed by atoms with van der Waals surface area (Å²) in [7, 11) is -0.815. The molecule has 2 bridgehead atoms. The topological polar surface area (TPSA) is 13.0 Å². The van der Waals surface area contributed by atoms with Gasteiger partial charge in [0.05, 0.1) is 0 Å². The standard InChI is InChI=1S/C16H36IN4P3/c1-13(2,3)18-22(17)19(14(4,5)6)24-20(15(7,8)9)23(18)21(24)16(10,11)12/h1-12H3. The summed E-state index contributed by atoms with van der Waals surface area (Å²) < 4.78 is 11.4. The van der Waals surface area contributed by atoms with E-state index in [1.165, 1.54) is 0 Å². The van der Waals surface area contributed by atoms with Crippen LogP contribution in [0.2, 0.25) is 0 Å². The molecule has 0 aromatic heterocycles. The van der Waals surface area contributed by atoms with Crippen LogP contribution in [0.1, 0.15) is 83.1 Å². The van der Waals surface area contributed by atoms with Crippen molar-refractivity contribution in [2.45, 2.75) is 105 Å². The Morgan fingerprint density at radius 1 is 0.458 bits per heavy atom. The number of rotatable bonds is 0. The zero-order chi connectivity index (χ0) is 19.0. The molecule has 0 aliphatic carbocycles. The molecular weight excluding hydrogens is 468 g/mol. The van der Waals surface area contributed by atoms with E-state index in [0.29, 0.717) is 0 Å². The molecule has 0 saturated carbocycles. The molecule has 3 heterocycles. The van der Waals surface area contributed by atoms with Crippen LogP contribution in [-0.4, -0.2) is 39.9 Å². The zero-order valence-electron chi connectivity index (χ0n) is 17.5. The highest BCUT2D eigenvalue weighted by atomic mass is 127. The van der Waals surface area contributed by atoms with Gasteiger partial charge < -0.3 is 0 Å². The molecule has 0 radical (unpaired) electrons. The molecule has 0 spiro atoms. The minimum absolute atomic E-state index is 0.164. The lowest BCUT2D eigenvalue weighted by Crippen LogP contribution is -2.65. The first-order valence-corrected chi connectivity index (χ1v) is 15.1. The third-order valence-electron chi connectivity index (χ3n) is 3.73. The second-order valence-corrected chi connectivity index (χ2v) is 19.2. The van der Waals surface area contributed by atoms with E-state index in [2.05, 4.69) is 123 Å². The normalized spacial score (nSPS) is 32.1. The van der Waals surface area contributed by atoms with E-state index >= 15 is 0 Å². The fraction of sp³-hybridized carbons (Fsp3) is 1.00. The molecule has 142 valence electrons. The van der Waals surface area contributed by atoms with Crippen molar-refractivity contribution in [3.05, 3.63) is 0 Å². The summed E-state index contributed by atoms with van der Waals surface area (Å²) in [6, 6.07) is 0. The number of hydrogen-bond donors (Lipinski definition) is 0. The summed E-state index contributed by atoms with van der Waals surface area (Å²) >= 11 is 2.75. The third kappa shape index (κ3) is 3.72. The molecule has 3 saturated heterocycles. The van der Waals surface area contributed by atoms with Gasteiger partial charge in [0.1, 0.15) is 22.6 Å². The highest BCUT2D eigenvalue weighted by Crippen LogP contribution is 2.96. The van der Waals surface area contributed by atoms with Gasteiger partial charge in [0.15, 0.2) is 0 Å². The Kier molecular flexibility index (Phi) is 5.95. The van der Waals surface area contributed by atoms with Crippen molar-refractivity contribution >= 4 is 44.7 Å². The van der Waals surface area contributed by atoms with Crippen molar-refractivity contribution in [1.82, 2.24) is 17.8 Å². The largest absolute Gasteiger partial charge is 0.207 e. The Hall–Kier alpha value is 1.86. The Morgan fingerprint density at radius 3 is 0.833 bits per heavy atom. The fourth-order valence-electron chi connectivity index (χ4n) is 2.91. The summed E-state index contributed by atoms with van der Waals surface area (Å²) in [5, 5.41) is 0. The zero-order valence-corrected chi connectivity index (χ0v) is 22.3. The summed E-state index contributed by atoms with van der Waals surface area (Å²) in [6.45, 7) is 28.7. The quantitative estimate of drug-likeness (QED) is 0.250. The lowest BCUT2D eigenvalue weighted by Gasteiger charge is -2.76. The minimum atomic E-state index is -0.407. The Morgan fingerprint density at radius 2 is 0.667 bits per heavy atom. The average molecular weight is 504 g/mol. The molecule has 0 amide bonds. The van der Waals surface area contributed by atoms with Crippen molar-refractivity contribution < 1.29 is 0 Å². The Labute approximate surface area is 167 Å². The molecule has 0 unspecified atom stereocenters. The fourth-order valence-corrected chi connectivity index (χ4v) is 21.2. The van der Waals surface area contributed by atoms with Crippen molar-refractivity contribution in [2.24, 2.45) is 0 Å². The third-order valence-corrected chi connectivity index (χ3v) is 19.7. The first-order chi connectivity index (χ1) is 10.4. The molecule has 8 heteroatoms. The van der Waals surface area contributed by atoms with Crippen LogP contribution >= 0.6 is 44.7 Å². The maximum absolute atomic E-state index is 2.84. The Balaban J connectivity index is 2.64. The van der Waals surface area contributed by atoms with Crippen molar-refractivity contribution in [3.63, 3.8) is 0 Å². The van der Waals surface area contributed by atoms with E-state index in [9.17, 15) is 0 Å². The number of fused-ring (bicyclic) bond motifs is 2. The molecule has 0 atom stereocenters. The van der Waals surface area contributed by atoms with E-state index in [-0.39, 0.29) is 28.0 Å². The first kappa shape index (κ1) is 22.2. The van der Waals surface area contributed by atoms with Gasteiger partial charge in [-0.1, -0.05) is 0 Å². The van der Waals surface area contributed by atoms with E-state index in [1.54, 1.807) is 0 Å². The average Bonchev–Trinajstić information content (AvgIpc) is 2.18. The summed E-state index contributed by atoms with van der Waals surface area (Å²) in [5.41, 5.74) is 0.715. The maximum Gasteiger partial charge on any atom is 0.138 e. The van der Waals surface area contributed by atoms with Crippen LogP contribution in [0.15, 0.2) is 0 Å². The van der Waals surface area contributed by atoms with E-state index in [1.807, 2.05) is 0 Å². The predicted octanol–water partition coefficient (Wildman–Crippen LogP) is 7.53. The van der Waals surface area contributed by atoms with Crippen LogP contribution in [0.4, 0.5) is 0 Å². The molecule has 3 fully saturated rings. The van der Waals surface area contributed by atoms with Crippen molar-refractivity contribution in [2.75, 3.05) is 0 Å². The molecule has 3 aliphatic rings. The van der Waals surface area contributed by atoms with Crippen LogP contribution in [0.25, 0.3) is 0 Å². The van der Waals surface area contributed by atoms with Crippen LogP contribution < -0.4 is 0 Å². The van der Waals surface area contributed by atoms with Gasteiger partial charge in [-0.15, -0.1) is 0 Å². The van der Waals surface area contributed by atoms with Gasteiger partial charge in [-0.2, -0.15) is 0 Å². The lowest BCUT2D eigenvalue weighted by molar-refractivity contribution is 0.201. The smallest absolute Gasteiger partial charge is 0.138 e. The molecule has 4 nitrogen and oxygen atoms in total. The van der Waals surface area contributed by atoms with Gasteiger partial charge in [0, 0.05) is 22.2 Å². The molecule has 0 aromatic rings. The highest BCUT2D eigenvalue weighted by Gasteiger charge is 2.69. The SMILES string of the molecule is CC(C)(C)N1P(I)N(C(C)(C)C)P2N(C(C)(C)C)P1N2C(C)(C)C. The highest BCUT2D eigenvalue weighted by molar-refractivity contribution is 14.2. The lowest BCUT2D eigenvalue weighted by atomic mass is 10.1. The molecule has 0 aromatic carbocycles. The van der Waals surface area contributed by atoms with Crippen LogP contribution in [-0.2, 0) is 0 Å². The Bertz CT molecular complexity index is 438. The van der Waals surface area contributed by atoms with Gasteiger partial charge in [0.2, 0.25) is 0 Å². The summed E-state index contributed by atoms with van der Waals surface area (Å²) in [4.78, 5) is 0. The predicted molar refractivity (Wildman–Crippen MR) is 121 cm³/mol. The van der Waals surface area contributed by atoms with Gasteiger partial charge in [-0.05, 0) is 105 Å². The van der Waals surface area contributed by atoms with Gasteiger partial charge in [-0.25, -0.2) is 17.8 Å². The number of hydrogen-bond acceptors (Lipinski definition) is 4. The second kappa shape index (κ2) is 6.45. The van der Waals surface area contributed by atoms with Gasteiger partial charge >= 0.3 is 0 Å².